The average Bonchev–Trinajstić information content (AvgIpc) is 2.93. The SMILES string of the molecule is CC(NC(=O)CCc1cccs1)c1cc(F)c(Cl)cc1Cl. The highest BCUT2D eigenvalue weighted by Gasteiger charge is 2.15. The molecule has 0 bridgehead atoms. The summed E-state index contributed by atoms with van der Waals surface area (Å²) in [5.41, 5.74) is 0.517. The molecule has 0 spiro atoms. The standard InChI is InChI=1S/C15H14Cl2FNOS/c1-9(11-7-14(18)13(17)8-12(11)16)19-15(20)5-4-10-3-2-6-21-10/h2-3,6-9H,4-5H2,1H3,(H,19,20). The molecule has 1 unspecified atom stereocenters. The van der Waals surface area contributed by atoms with E-state index >= 15 is 0 Å². The normalized spacial score (nSPS) is 12.2. The third-order valence-electron chi connectivity index (χ3n) is 3.06. The molecule has 0 saturated heterocycles. The fourth-order valence-corrected chi connectivity index (χ4v) is 3.21. The van der Waals surface area contributed by atoms with Gasteiger partial charge in [-0.25, -0.2) is 4.39 Å². The molecule has 112 valence electrons. The molecule has 2 aromatic rings. The number of nitrogens with one attached hydrogen (secondary N) is 1. The Morgan fingerprint density at radius 1 is 1.38 bits per heavy atom. The van der Waals surface area contributed by atoms with Crippen LogP contribution >= 0.6 is 34.5 Å². The second-order valence-electron chi connectivity index (χ2n) is 4.66. The van der Waals surface area contributed by atoms with E-state index in [-0.39, 0.29) is 17.0 Å². The number of aryl methyl sites for hydroxylation is 1. The fraction of sp³-hybridized carbons (Fsp3) is 0.267. The summed E-state index contributed by atoms with van der Waals surface area (Å²) >= 11 is 13.3. The predicted octanol–water partition coefficient (Wildman–Crippen LogP) is 5.00. The zero-order valence-corrected chi connectivity index (χ0v) is 13.7. The van der Waals surface area contributed by atoms with Crippen molar-refractivity contribution in [1.29, 1.82) is 0 Å². The monoisotopic (exact) mass is 345 g/mol. The van der Waals surface area contributed by atoms with E-state index in [9.17, 15) is 9.18 Å². The Labute approximate surface area is 136 Å². The molecule has 1 atom stereocenters. The number of carbonyl (C=O) groups is 1. The van der Waals surface area contributed by atoms with E-state index in [0.717, 1.165) is 4.88 Å². The number of thiophene rings is 1. The molecule has 21 heavy (non-hydrogen) atoms. The maximum atomic E-state index is 13.5. The highest BCUT2D eigenvalue weighted by Crippen LogP contribution is 2.28. The van der Waals surface area contributed by atoms with Crippen LogP contribution in [0.25, 0.3) is 0 Å². The first-order valence-electron chi connectivity index (χ1n) is 6.43. The van der Waals surface area contributed by atoms with Crippen LogP contribution in [0.1, 0.15) is 29.8 Å². The highest BCUT2D eigenvalue weighted by molar-refractivity contribution is 7.09. The van der Waals surface area contributed by atoms with Crippen molar-refractivity contribution in [2.75, 3.05) is 0 Å². The first-order valence-corrected chi connectivity index (χ1v) is 8.07. The van der Waals surface area contributed by atoms with Gasteiger partial charge in [0.05, 0.1) is 11.1 Å². The Bertz CT molecular complexity index is 631. The molecule has 2 nitrogen and oxygen atoms in total. The van der Waals surface area contributed by atoms with E-state index in [4.69, 9.17) is 23.2 Å². The number of carbonyl (C=O) groups excluding carboxylic acids is 1. The van der Waals surface area contributed by atoms with Gasteiger partial charge in [0.1, 0.15) is 5.82 Å². The first-order chi connectivity index (χ1) is 9.97. The maximum Gasteiger partial charge on any atom is 0.220 e. The van der Waals surface area contributed by atoms with Crippen molar-refractivity contribution in [3.05, 3.63) is 55.9 Å². The summed E-state index contributed by atoms with van der Waals surface area (Å²) < 4.78 is 13.5. The first kappa shape index (κ1) is 16.3. The van der Waals surface area contributed by atoms with Crippen molar-refractivity contribution in [3.8, 4) is 0 Å². The van der Waals surface area contributed by atoms with E-state index in [2.05, 4.69) is 5.32 Å². The molecule has 1 heterocycles. The van der Waals surface area contributed by atoms with Gasteiger partial charge in [-0.1, -0.05) is 29.3 Å². The summed E-state index contributed by atoms with van der Waals surface area (Å²) in [7, 11) is 0. The number of hydrogen-bond acceptors (Lipinski definition) is 2. The van der Waals surface area contributed by atoms with Crippen molar-refractivity contribution in [2.45, 2.75) is 25.8 Å². The topological polar surface area (TPSA) is 29.1 Å². The van der Waals surface area contributed by atoms with Crippen LogP contribution in [0.15, 0.2) is 29.6 Å². The lowest BCUT2D eigenvalue weighted by molar-refractivity contribution is -0.121. The number of halogens is 3. The van der Waals surface area contributed by atoms with Gasteiger partial charge in [0, 0.05) is 16.3 Å². The molecule has 0 saturated carbocycles. The van der Waals surface area contributed by atoms with E-state index in [1.807, 2.05) is 17.5 Å². The van der Waals surface area contributed by atoms with Crippen molar-refractivity contribution in [2.24, 2.45) is 0 Å². The number of amides is 1. The van der Waals surface area contributed by atoms with Crippen LogP contribution in [0.2, 0.25) is 10.0 Å². The molecule has 1 amide bonds. The van der Waals surface area contributed by atoms with Gasteiger partial charge < -0.3 is 5.32 Å². The summed E-state index contributed by atoms with van der Waals surface area (Å²) in [4.78, 5) is 13.1. The number of hydrogen-bond donors (Lipinski definition) is 1. The van der Waals surface area contributed by atoms with Gasteiger partial charge in [-0.05, 0) is 42.5 Å². The molecule has 1 aromatic carbocycles. The summed E-state index contributed by atoms with van der Waals surface area (Å²) in [5.74, 6) is -0.641. The average molecular weight is 346 g/mol. The molecule has 2 rings (SSSR count). The molecule has 0 fully saturated rings. The second kappa shape index (κ2) is 7.25. The van der Waals surface area contributed by atoms with Crippen LogP contribution in [0.3, 0.4) is 0 Å². The van der Waals surface area contributed by atoms with Crippen LogP contribution in [-0.4, -0.2) is 5.91 Å². The Kier molecular flexibility index (Phi) is 5.62. The van der Waals surface area contributed by atoms with E-state index in [1.54, 1.807) is 18.3 Å². The predicted molar refractivity (Wildman–Crippen MR) is 85.6 cm³/mol. The number of benzene rings is 1. The van der Waals surface area contributed by atoms with Crippen molar-refractivity contribution in [1.82, 2.24) is 5.32 Å². The molecule has 1 aromatic heterocycles. The molecule has 0 aliphatic carbocycles. The van der Waals surface area contributed by atoms with Gasteiger partial charge in [0.25, 0.3) is 0 Å². The van der Waals surface area contributed by atoms with E-state index < -0.39 is 5.82 Å². The Balaban J connectivity index is 1.96. The van der Waals surface area contributed by atoms with Gasteiger partial charge in [-0.3, -0.25) is 4.79 Å². The second-order valence-corrected chi connectivity index (χ2v) is 6.50. The van der Waals surface area contributed by atoms with Crippen LogP contribution < -0.4 is 5.32 Å². The van der Waals surface area contributed by atoms with Gasteiger partial charge in [-0.2, -0.15) is 0 Å². The third-order valence-corrected chi connectivity index (χ3v) is 4.62. The Hall–Kier alpha value is -1.10. The zero-order chi connectivity index (χ0) is 15.4. The van der Waals surface area contributed by atoms with E-state index in [1.165, 1.54) is 12.1 Å². The maximum absolute atomic E-state index is 13.5. The summed E-state index contributed by atoms with van der Waals surface area (Å²) in [5, 5.41) is 5.11. The minimum absolute atomic E-state index is 0.0278. The smallest absolute Gasteiger partial charge is 0.220 e. The van der Waals surface area contributed by atoms with Gasteiger partial charge in [0.15, 0.2) is 0 Å². The summed E-state index contributed by atoms with van der Waals surface area (Å²) in [6.45, 7) is 1.76. The summed E-state index contributed by atoms with van der Waals surface area (Å²) in [6.07, 6.45) is 1.08. The molecular weight excluding hydrogens is 332 g/mol. The molecule has 6 heteroatoms. The molecule has 1 N–H and O–H groups in total. The number of rotatable bonds is 5. The van der Waals surface area contributed by atoms with Gasteiger partial charge in [-0.15, -0.1) is 11.3 Å². The van der Waals surface area contributed by atoms with Crippen molar-refractivity contribution >= 4 is 40.4 Å². The molecule has 0 radical (unpaired) electrons. The third kappa shape index (κ3) is 4.43. The van der Waals surface area contributed by atoms with Gasteiger partial charge in [0.2, 0.25) is 5.91 Å². The summed E-state index contributed by atoms with van der Waals surface area (Å²) in [6, 6.07) is 6.18. The van der Waals surface area contributed by atoms with Gasteiger partial charge >= 0.3 is 0 Å². The van der Waals surface area contributed by atoms with Crippen molar-refractivity contribution < 1.29 is 9.18 Å². The highest BCUT2D eigenvalue weighted by atomic mass is 35.5. The van der Waals surface area contributed by atoms with Crippen molar-refractivity contribution in [3.63, 3.8) is 0 Å². The molecule has 0 aliphatic heterocycles. The zero-order valence-electron chi connectivity index (χ0n) is 11.3. The molecular formula is C15H14Cl2FNOS. The van der Waals surface area contributed by atoms with Crippen LogP contribution in [-0.2, 0) is 11.2 Å². The lowest BCUT2D eigenvalue weighted by atomic mass is 10.1. The lowest BCUT2D eigenvalue weighted by Gasteiger charge is -2.16. The Morgan fingerprint density at radius 3 is 2.81 bits per heavy atom. The minimum atomic E-state index is -0.546. The fourth-order valence-electron chi connectivity index (χ4n) is 1.95. The lowest BCUT2D eigenvalue weighted by Crippen LogP contribution is -2.27. The van der Waals surface area contributed by atoms with E-state index in [0.29, 0.717) is 23.4 Å². The minimum Gasteiger partial charge on any atom is -0.350 e. The Morgan fingerprint density at radius 2 is 2.14 bits per heavy atom. The van der Waals surface area contributed by atoms with Crippen LogP contribution in [0, 0.1) is 5.82 Å². The van der Waals surface area contributed by atoms with Crippen LogP contribution in [0.5, 0.6) is 0 Å². The van der Waals surface area contributed by atoms with Crippen LogP contribution in [0.4, 0.5) is 4.39 Å². The largest absolute Gasteiger partial charge is 0.350 e. The molecule has 0 aliphatic rings. The quantitative estimate of drug-likeness (QED) is 0.758.